The molecule has 2 N–H and O–H groups in total. The third-order valence-electron chi connectivity index (χ3n) is 4.18. The predicted molar refractivity (Wildman–Crippen MR) is 92.6 cm³/mol. The summed E-state index contributed by atoms with van der Waals surface area (Å²) in [4.78, 5) is 16.7. The Bertz CT molecular complexity index is 652. The zero-order chi connectivity index (χ0) is 16.8. The van der Waals surface area contributed by atoms with Crippen LogP contribution >= 0.6 is 0 Å². The third-order valence-corrected chi connectivity index (χ3v) is 4.18. The summed E-state index contributed by atoms with van der Waals surface area (Å²) in [5, 5.41) is 6.31. The van der Waals surface area contributed by atoms with E-state index in [1.165, 1.54) is 11.1 Å². The summed E-state index contributed by atoms with van der Waals surface area (Å²) in [7, 11) is 0. The molecule has 2 heterocycles. The largest absolute Gasteiger partial charge is 0.366 e. The first-order valence-corrected chi connectivity index (χ1v) is 8.30. The van der Waals surface area contributed by atoms with Crippen LogP contribution in [0.3, 0.4) is 0 Å². The molecule has 0 radical (unpaired) electrons. The number of benzene rings is 1. The van der Waals surface area contributed by atoms with Crippen molar-refractivity contribution in [2.24, 2.45) is 0 Å². The number of nitrogens with zero attached hydrogens (tertiary/aromatic N) is 1. The zero-order valence-electron chi connectivity index (χ0n) is 13.9. The first-order chi connectivity index (χ1) is 11.7. The molecule has 126 valence electrons. The average molecular weight is 325 g/mol. The number of hydrogen-bond acceptors (Lipinski definition) is 4. The third kappa shape index (κ3) is 4.40. The number of ether oxygens (including phenoxy) is 1. The second kappa shape index (κ2) is 8.04. The van der Waals surface area contributed by atoms with E-state index in [2.05, 4.69) is 46.8 Å². The molecule has 1 aromatic carbocycles. The molecule has 2 atom stereocenters. The maximum absolute atomic E-state index is 12.5. The van der Waals surface area contributed by atoms with Crippen LogP contribution in [0.2, 0.25) is 0 Å². The fourth-order valence-electron chi connectivity index (χ4n) is 2.79. The summed E-state index contributed by atoms with van der Waals surface area (Å²) < 4.78 is 5.55. The van der Waals surface area contributed by atoms with Crippen molar-refractivity contribution in [3.05, 3.63) is 65.5 Å². The summed E-state index contributed by atoms with van der Waals surface area (Å²) in [6, 6.07) is 12.1. The van der Waals surface area contributed by atoms with Crippen LogP contribution in [-0.4, -0.2) is 36.7 Å². The van der Waals surface area contributed by atoms with Gasteiger partial charge in [0.05, 0.1) is 12.6 Å². The lowest BCUT2D eigenvalue weighted by atomic mass is 9.99. The lowest BCUT2D eigenvalue weighted by molar-refractivity contribution is -0.135. The number of carbonyl (C=O) groups is 1. The van der Waals surface area contributed by atoms with Crippen LogP contribution in [0.4, 0.5) is 0 Å². The number of carbonyl (C=O) groups excluding carboxylic acids is 1. The van der Waals surface area contributed by atoms with Gasteiger partial charge in [-0.3, -0.25) is 9.78 Å². The maximum atomic E-state index is 12.5. The Morgan fingerprint density at radius 3 is 2.88 bits per heavy atom. The number of aryl methyl sites for hydroxylation is 1. The van der Waals surface area contributed by atoms with Gasteiger partial charge in [-0.05, 0) is 30.5 Å². The molecule has 1 aliphatic heterocycles. The van der Waals surface area contributed by atoms with Crippen molar-refractivity contribution in [2.75, 3.05) is 19.7 Å². The fraction of sp³-hybridized carbons (Fsp3) is 0.368. The smallest absolute Gasteiger partial charge is 0.250 e. The summed E-state index contributed by atoms with van der Waals surface area (Å²) >= 11 is 0. The molecule has 0 spiro atoms. The highest BCUT2D eigenvalue weighted by Crippen LogP contribution is 2.18. The van der Waals surface area contributed by atoms with Crippen molar-refractivity contribution in [3.63, 3.8) is 0 Å². The van der Waals surface area contributed by atoms with Gasteiger partial charge in [0.1, 0.15) is 6.10 Å². The Morgan fingerprint density at radius 2 is 2.21 bits per heavy atom. The summed E-state index contributed by atoms with van der Waals surface area (Å²) in [5.41, 5.74) is 3.40. The highest BCUT2D eigenvalue weighted by Gasteiger charge is 2.25. The van der Waals surface area contributed by atoms with E-state index >= 15 is 0 Å². The van der Waals surface area contributed by atoms with Gasteiger partial charge in [0.15, 0.2) is 0 Å². The van der Waals surface area contributed by atoms with E-state index < -0.39 is 6.10 Å². The van der Waals surface area contributed by atoms with Crippen molar-refractivity contribution in [1.29, 1.82) is 0 Å². The van der Waals surface area contributed by atoms with Gasteiger partial charge in [-0.25, -0.2) is 0 Å². The minimum atomic E-state index is -0.434. The molecule has 2 aromatic rings. The zero-order valence-corrected chi connectivity index (χ0v) is 13.9. The van der Waals surface area contributed by atoms with Crippen molar-refractivity contribution in [2.45, 2.75) is 25.5 Å². The molecule has 1 aromatic heterocycles. The van der Waals surface area contributed by atoms with E-state index in [1.54, 1.807) is 12.4 Å². The monoisotopic (exact) mass is 325 g/mol. The summed E-state index contributed by atoms with van der Waals surface area (Å²) in [6.07, 6.45) is 3.83. The Labute approximate surface area is 142 Å². The highest BCUT2D eigenvalue weighted by atomic mass is 16.5. The van der Waals surface area contributed by atoms with E-state index in [-0.39, 0.29) is 11.9 Å². The Morgan fingerprint density at radius 1 is 1.38 bits per heavy atom. The number of rotatable bonds is 5. The molecule has 0 bridgehead atoms. The van der Waals surface area contributed by atoms with Crippen molar-refractivity contribution in [3.8, 4) is 0 Å². The lowest BCUT2D eigenvalue weighted by Gasteiger charge is -2.26. The second-order valence-corrected chi connectivity index (χ2v) is 6.10. The van der Waals surface area contributed by atoms with Crippen LogP contribution < -0.4 is 10.6 Å². The number of nitrogens with one attached hydrogen (secondary N) is 2. The first kappa shape index (κ1) is 16.6. The summed E-state index contributed by atoms with van der Waals surface area (Å²) in [5.74, 6) is -0.0804. The molecular weight excluding hydrogens is 302 g/mol. The first-order valence-electron chi connectivity index (χ1n) is 8.30. The van der Waals surface area contributed by atoms with Crippen molar-refractivity contribution in [1.82, 2.24) is 15.6 Å². The molecule has 0 saturated carbocycles. The summed E-state index contributed by atoms with van der Waals surface area (Å²) in [6.45, 7) is 3.97. The Hall–Kier alpha value is -2.24. The molecule has 1 saturated heterocycles. The molecule has 0 unspecified atom stereocenters. The molecule has 1 aliphatic rings. The standard InChI is InChI=1S/C19H23N3O2/c1-14-4-6-15(7-5-14)11-17(16-3-2-8-20-12-16)22-19(23)18-13-21-9-10-24-18/h2-8,12,17-18,21H,9-11,13H2,1H3,(H,22,23)/t17-,18+/m0/s1. The van der Waals surface area contributed by atoms with Crippen molar-refractivity contribution < 1.29 is 9.53 Å². The number of morpholine rings is 1. The van der Waals surface area contributed by atoms with Crippen molar-refractivity contribution >= 4 is 5.91 Å². The number of amides is 1. The van der Waals surface area contributed by atoms with Gasteiger partial charge < -0.3 is 15.4 Å². The number of aromatic nitrogens is 1. The minimum absolute atomic E-state index is 0.0804. The van der Waals surface area contributed by atoms with Crippen LogP contribution in [0.15, 0.2) is 48.8 Å². The highest BCUT2D eigenvalue weighted by molar-refractivity contribution is 5.81. The fourth-order valence-corrected chi connectivity index (χ4v) is 2.79. The van der Waals surface area contributed by atoms with Crippen LogP contribution in [0, 0.1) is 6.92 Å². The van der Waals surface area contributed by atoms with Gasteiger partial charge >= 0.3 is 0 Å². The van der Waals surface area contributed by atoms with E-state index in [9.17, 15) is 4.79 Å². The number of pyridine rings is 1. The van der Waals surface area contributed by atoms with Gasteiger partial charge in [0.25, 0.3) is 5.91 Å². The van der Waals surface area contributed by atoms with Crippen LogP contribution in [-0.2, 0) is 16.0 Å². The molecule has 1 fully saturated rings. The second-order valence-electron chi connectivity index (χ2n) is 6.10. The van der Waals surface area contributed by atoms with E-state index in [1.807, 2.05) is 12.1 Å². The van der Waals surface area contributed by atoms with Crippen LogP contribution in [0.1, 0.15) is 22.7 Å². The van der Waals surface area contributed by atoms with E-state index in [0.717, 1.165) is 18.5 Å². The maximum Gasteiger partial charge on any atom is 0.250 e. The van der Waals surface area contributed by atoms with Gasteiger partial charge in [0.2, 0.25) is 0 Å². The Balaban J connectivity index is 1.74. The van der Waals surface area contributed by atoms with Crippen LogP contribution in [0.25, 0.3) is 0 Å². The molecule has 1 amide bonds. The SMILES string of the molecule is Cc1ccc(C[C@H](NC(=O)[C@H]2CNCCO2)c2cccnc2)cc1. The quantitative estimate of drug-likeness (QED) is 0.880. The van der Waals surface area contributed by atoms with E-state index in [0.29, 0.717) is 13.2 Å². The topological polar surface area (TPSA) is 63.2 Å². The van der Waals surface area contributed by atoms with E-state index in [4.69, 9.17) is 4.74 Å². The van der Waals surface area contributed by atoms with Gasteiger partial charge in [-0.1, -0.05) is 35.9 Å². The molecule has 3 rings (SSSR count). The minimum Gasteiger partial charge on any atom is -0.366 e. The average Bonchev–Trinajstić information content (AvgIpc) is 2.64. The molecule has 5 heteroatoms. The molecule has 24 heavy (non-hydrogen) atoms. The predicted octanol–water partition coefficient (Wildman–Crippen LogP) is 1.78. The van der Waals surface area contributed by atoms with Gasteiger partial charge in [0, 0.05) is 25.5 Å². The molecule has 0 aliphatic carbocycles. The van der Waals surface area contributed by atoms with Crippen LogP contribution in [0.5, 0.6) is 0 Å². The Kier molecular flexibility index (Phi) is 5.56. The normalized spacial score (nSPS) is 18.8. The van der Waals surface area contributed by atoms with Gasteiger partial charge in [-0.15, -0.1) is 0 Å². The number of hydrogen-bond donors (Lipinski definition) is 2. The molecular formula is C19H23N3O2. The lowest BCUT2D eigenvalue weighted by Crippen LogP contribution is -2.48. The molecule has 5 nitrogen and oxygen atoms in total. The van der Waals surface area contributed by atoms with Gasteiger partial charge in [-0.2, -0.15) is 0 Å².